The second-order valence-electron chi connectivity index (χ2n) is 3.67. The number of non-ortho nitro benzene ring substituents is 1. The van der Waals surface area contributed by atoms with Crippen LogP contribution in [0.15, 0.2) is 29.4 Å². The Morgan fingerprint density at radius 1 is 1.60 bits per heavy atom. The van der Waals surface area contributed by atoms with Gasteiger partial charge in [-0.2, -0.15) is 0 Å². The summed E-state index contributed by atoms with van der Waals surface area (Å²) in [6.07, 6.45) is 3.84. The first-order chi connectivity index (χ1) is 9.60. The summed E-state index contributed by atoms with van der Waals surface area (Å²) < 4.78 is 4.59. The van der Waals surface area contributed by atoms with Crippen molar-refractivity contribution in [3.05, 3.63) is 56.0 Å². The minimum Gasteiger partial charge on any atom is -0.465 e. The first kappa shape index (κ1) is 15.2. The second kappa shape index (κ2) is 7.55. The van der Waals surface area contributed by atoms with Gasteiger partial charge in [-0.15, -0.1) is 0 Å². The summed E-state index contributed by atoms with van der Waals surface area (Å²) in [5.41, 5.74) is 8.56. The molecule has 0 spiro atoms. The zero-order chi connectivity index (χ0) is 15.0. The lowest BCUT2D eigenvalue weighted by atomic mass is 10.1. The van der Waals surface area contributed by atoms with E-state index in [1.165, 1.54) is 25.3 Å². The van der Waals surface area contributed by atoms with Gasteiger partial charge in [0, 0.05) is 23.6 Å². The zero-order valence-electron chi connectivity index (χ0n) is 10.7. The minimum atomic E-state index is -0.650. The summed E-state index contributed by atoms with van der Waals surface area (Å²) in [7, 11) is 1.20. The maximum Gasteiger partial charge on any atom is 0.338 e. The van der Waals surface area contributed by atoms with E-state index in [0.717, 1.165) is 0 Å². The van der Waals surface area contributed by atoms with Crippen molar-refractivity contribution in [2.24, 2.45) is 5.11 Å². The van der Waals surface area contributed by atoms with Gasteiger partial charge in [0.2, 0.25) is 0 Å². The van der Waals surface area contributed by atoms with Crippen LogP contribution >= 0.6 is 0 Å². The van der Waals surface area contributed by atoms with Gasteiger partial charge in [-0.1, -0.05) is 17.3 Å². The molecule has 0 saturated carbocycles. The van der Waals surface area contributed by atoms with Crippen molar-refractivity contribution >= 4 is 17.7 Å². The van der Waals surface area contributed by atoms with Crippen molar-refractivity contribution in [1.82, 2.24) is 0 Å². The summed E-state index contributed by atoms with van der Waals surface area (Å²) in [6.45, 7) is 0.299. The summed E-state index contributed by atoms with van der Waals surface area (Å²) in [5, 5.41) is 14.1. The third kappa shape index (κ3) is 4.11. The van der Waals surface area contributed by atoms with Gasteiger partial charge in [0.1, 0.15) is 0 Å². The normalized spacial score (nSPS) is 10.1. The van der Waals surface area contributed by atoms with Gasteiger partial charge < -0.3 is 4.74 Å². The fourth-order valence-corrected chi connectivity index (χ4v) is 1.48. The quantitative estimate of drug-likeness (QED) is 0.151. The summed E-state index contributed by atoms with van der Waals surface area (Å²) in [6, 6.07) is 3.94. The highest BCUT2D eigenvalue weighted by molar-refractivity contribution is 5.94. The molecular formula is C12H12N4O4. The number of carbonyl (C=O) groups excluding carboxylic acids is 1. The molecule has 0 atom stereocenters. The first-order valence-corrected chi connectivity index (χ1v) is 5.64. The number of hydrogen-bond acceptors (Lipinski definition) is 5. The Labute approximate surface area is 114 Å². The molecule has 0 aliphatic heterocycles. The molecule has 0 amide bonds. The predicted octanol–water partition coefficient (Wildman–Crippen LogP) is 3.10. The average molecular weight is 276 g/mol. The van der Waals surface area contributed by atoms with E-state index in [2.05, 4.69) is 14.8 Å². The molecule has 0 radical (unpaired) electrons. The standard InChI is InChI=1S/C12H12N4O4/c1-20-12(17)11-8-10(16(18)19)6-5-9(11)4-2-3-7-14-15-13/h2,4-6,8H,3,7H2,1H3. The van der Waals surface area contributed by atoms with Gasteiger partial charge in [0.05, 0.1) is 17.6 Å². The molecule has 0 aliphatic rings. The molecule has 0 bridgehead atoms. The number of azide groups is 1. The smallest absolute Gasteiger partial charge is 0.338 e. The third-order valence-corrected chi connectivity index (χ3v) is 2.41. The highest BCUT2D eigenvalue weighted by atomic mass is 16.6. The van der Waals surface area contributed by atoms with Gasteiger partial charge in [-0.25, -0.2) is 4.79 Å². The Morgan fingerprint density at radius 2 is 2.35 bits per heavy atom. The number of nitrogens with zero attached hydrogens (tertiary/aromatic N) is 4. The lowest BCUT2D eigenvalue weighted by Gasteiger charge is -2.04. The molecule has 8 nitrogen and oxygen atoms in total. The number of ether oxygens (including phenoxy) is 1. The van der Waals surface area contributed by atoms with Gasteiger partial charge in [0.15, 0.2) is 0 Å². The van der Waals surface area contributed by atoms with Crippen LogP contribution in [0.25, 0.3) is 16.5 Å². The van der Waals surface area contributed by atoms with Crippen LogP contribution in [0.1, 0.15) is 22.3 Å². The van der Waals surface area contributed by atoms with Crippen LogP contribution in [-0.2, 0) is 4.74 Å². The summed E-state index contributed by atoms with van der Waals surface area (Å²) in [5.74, 6) is -0.650. The Morgan fingerprint density at radius 3 is 2.95 bits per heavy atom. The number of nitro benzene ring substituents is 1. The van der Waals surface area contributed by atoms with E-state index in [1.54, 1.807) is 12.2 Å². The van der Waals surface area contributed by atoms with Gasteiger partial charge in [0.25, 0.3) is 5.69 Å². The Bertz CT molecular complexity index is 591. The van der Waals surface area contributed by atoms with Crippen LogP contribution in [0.2, 0.25) is 0 Å². The monoisotopic (exact) mass is 276 g/mol. The van der Waals surface area contributed by atoms with Crippen LogP contribution < -0.4 is 0 Å². The SMILES string of the molecule is COC(=O)c1cc([N+](=O)[O-])ccc1C=CCCN=[N+]=[N-]. The molecular weight excluding hydrogens is 264 g/mol. The number of benzene rings is 1. The van der Waals surface area contributed by atoms with Crippen LogP contribution in [0.5, 0.6) is 0 Å². The maximum absolute atomic E-state index is 11.6. The molecule has 1 aromatic rings. The first-order valence-electron chi connectivity index (χ1n) is 5.64. The highest BCUT2D eigenvalue weighted by Gasteiger charge is 2.15. The number of nitro groups is 1. The predicted molar refractivity (Wildman–Crippen MR) is 72.1 cm³/mol. The Kier molecular flexibility index (Phi) is 5.74. The van der Waals surface area contributed by atoms with E-state index in [-0.39, 0.29) is 11.3 Å². The number of rotatable bonds is 6. The fourth-order valence-electron chi connectivity index (χ4n) is 1.48. The molecule has 8 heteroatoms. The van der Waals surface area contributed by atoms with Crippen molar-refractivity contribution in [2.75, 3.05) is 13.7 Å². The van der Waals surface area contributed by atoms with Crippen molar-refractivity contribution < 1.29 is 14.5 Å². The van der Waals surface area contributed by atoms with Gasteiger partial charge in [-0.05, 0) is 23.6 Å². The molecule has 0 aliphatic carbocycles. The number of hydrogen-bond donors (Lipinski definition) is 0. The summed E-state index contributed by atoms with van der Waals surface area (Å²) in [4.78, 5) is 24.3. The minimum absolute atomic E-state index is 0.113. The van der Waals surface area contributed by atoms with E-state index in [9.17, 15) is 14.9 Å². The van der Waals surface area contributed by atoms with Crippen molar-refractivity contribution in [1.29, 1.82) is 0 Å². The molecule has 1 rings (SSSR count). The molecule has 0 saturated heterocycles. The van der Waals surface area contributed by atoms with Gasteiger partial charge in [-0.3, -0.25) is 10.1 Å². The van der Waals surface area contributed by atoms with E-state index in [0.29, 0.717) is 18.5 Å². The third-order valence-electron chi connectivity index (χ3n) is 2.41. The van der Waals surface area contributed by atoms with Crippen LogP contribution in [0, 0.1) is 10.1 Å². The number of methoxy groups -OCH3 is 1. The van der Waals surface area contributed by atoms with Gasteiger partial charge >= 0.3 is 5.97 Å². The lowest BCUT2D eigenvalue weighted by molar-refractivity contribution is -0.384. The molecule has 0 unspecified atom stereocenters. The second-order valence-corrected chi connectivity index (χ2v) is 3.67. The van der Waals surface area contributed by atoms with E-state index >= 15 is 0 Å². The Balaban J connectivity index is 3.02. The fraction of sp³-hybridized carbons (Fsp3) is 0.250. The number of carbonyl (C=O) groups is 1. The maximum atomic E-state index is 11.6. The van der Waals surface area contributed by atoms with Crippen LogP contribution in [0.3, 0.4) is 0 Å². The molecule has 0 aromatic heterocycles. The Hall–Kier alpha value is -2.86. The van der Waals surface area contributed by atoms with Crippen LogP contribution in [-0.4, -0.2) is 24.5 Å². The summed E-state index contributed by atoms with van der Waals surface area (Å²) >= 11 is 0. The van der Waals surface area contributed by atoms with E-state index < -0.39 is 10.9 Å². The van der Waals surface area contributed by atoms with E-state index in [4.69, 9.17) is 5.53 Å². The van der Waals surface area contributed by atoms with Crippen molar-refractivity contribution in [3.63, 3.8) is 0 Å². The van der Waals surface area contributed by atoms with E-state index in [1.807, 2.05) is 0 Å². The highest BCUT2D eigenvalue weighted by Crippen LogP contribution is 2.20. The largest absolute Gasteiger partial charge is 0.465 e. The van der Waals surface area contributed by atoms with Crippen molar-refractivity contribution in [3.8, 4) is 0 Å². The van der Waals surface area contributed by atoms with Crippen molar-refractivity contribution in [2.45, 2.75) is 6.42 Å². The van der Waals surface area contributed by atoms with Crippen LogP contribution in [0.4, 0.5) is 5.69 Å². The molecule has 20 heavy (non-hydrogen) atoms. The molecule has 104 valence electrons. The molecule has 1 aromatic carbocycles. The molecule has 0 N–H and O–H groups in total. The zero-order valence-corrected chi connectivity index (χ0v) is 10.7. The number of esters is 1. The topological polar surface area (TPSA) is 118 Å². The lowest BCUT2D eigenvalue weighted by Crippen LogP contribution is -2.04. The molecule has 0 fully saturated rings. The average Bonchev–Trinajstić information content (AvgIpc) is 2.46. The molecule has 0 heterocycles.